The standard InChI is InChI=1S/C9H5OSSe/c10-5-7-6-3-1-2-4-8(6)11-9(7)12/h1-5H. The third kappa shape index (κ3) is 1.11. The zero-order chi connectivity index (χ0) is 8.55. The summed E-state index contributed by atoms with van der Waals surface area (Å²) in [6, 6.07) is 7.92. The monoisotopic (exact) mass is 241 g/mol. The molecule has 0 saturated heterocycles. The zero-order valence-corrected chi connectivity index (χ0v) is 8.64. The molecule has 0 atom stereocenters. The van der Waals surface area contributed by atoms with Gasteiger partial charge in [-0.05, 0) is 0 Å². The van der Waals surface area contributed by atoms with Crippen LogP contribution >= 0.6 is 11.3 Å². The van der Waals surface area contributed by atoms with Gasteiger partial charge in [-0.3, -0.25) is 0 Å². The van der Waals surface area contributed by atoms with Crippen LogP contribution in [0.2, 0.25) is 0 Å². The number of carbonyl (C=O) groups is 1. The third-order valence-corrected chi connectivity index (χ3v) is 3.68. The van der Waals surface area contributed by atoms with Crippen molar-refractivity contribution in [3.05, 3.63) is 29.8 Å². The van der Waals surface area contributed by atoms with E-state index >= 15 is 0 Å². The molecule has 0 unspecified atom stereocenters. The van der Waals surface area contributed by atoms with Crippen LogP contribution in [0.15, 0.2) is 24.3 Å². The van der Waals surface area contributed by atoms with E-state index < -0.39 is 0 Å². The van der Waals surface area contributed by atoms with Crippen LogP contribution in [-0.2, 0) is 0 Å². The van der Waals surface area contributed by atoms with Gasteiger partial charge in [0.2, 0.25) is 0 Å². The van der Waals surface area contributed by atoms with Gasteiger partial charge in [-0.2, -0.15) is 0 Å². The second kappa shape index (κ2) is 3.02. The molecule has 0 fully saturated rings. The fourth-order valence-electron chi connectivity index (χ4n) is 1.15. The first-order chi connectivity index (χ1) is 5.83. The number of thiophene rings is 1. The van der Waals surface area contributed by atoms with Gasteiger partial charge in [0.25, 0.3) is 0 Å². The Kier molecular flexibility index (Phi) is 2.01. The van der Waals surface area contributed by atoms with E-state index in [0.717, 1.165) is 25.7 Å². The van der Waals surface area contributed by atoms with E-state index in [1.54, 1.807) is 11.3 Å². The van der Waals surface area contributed by atoms with E-state index in [2.05, 4.69) is 16.0 Å². The van der Waals surface area contributed by atoms with Crippen LogP contribution in [-0.4, -0.2) is 22.3 Å². The van der Waals surface area contributed by atoms with Crippen molar-refractivity contribution in [3.63, 3.8) is 0 Å². The van der Waals surface area contributed by atoms with Crippen LogP contribution in [0.25, 0.3) is 10.1 Å². The Morgan fingerprint density at radius 3 is 2.83 bits per heavy atom. The molecule has 1 nitrogen and oxygen atoms in total. The van der Waals surface area contributed by atoms with Gasteiger partial charge in [-0.1, -0.05) is 0 Å². The van der Waals surface area contributed by atoms with Crippen LogP contribution < -0.4 is 3.78 Å². The zero-order valence-electron chi connectivity index (χ0n) is 6.11. The average Bonchev–Trinajstić information content (AvgIpc) is 2.40. The Bertz CT molecular complexity index is 433. The number of hydrogen-bond acceptors (Lipinski definition) is 2. The molecule has 0 spiro atoms. The Balaban J connectivity index is 2.90. The summed E-state index contributed by atoms with van der Waals surface area (Å²) in [5.41, 5.74) is 0.788. The average molecular weight is 240 g/mol. The molecular formula is C9H5OSSe. The second-order valence-corrected chi connectivity index (χ2v) is 4.91. The predicted molar refractivity (Wildman–Crippen MR) is 52.6 cm³/mol. The SMILES string of the molecule is O=Cc1c([Se])sc2ccccc12. The molecule has 1 aromatic heterocycles. The van der Waals surface area contributed by atoms with Gasteiger partial charge in [0.15, 0.2) is 0 Å². The molecule has 0 aliphatic heterocycles. The first-order valence-electron chi connectivity index (χ1n) is 3.46. The van der Waals surface area contributed by atoms with Gasteiger partial charge in [-0.25, -0.2) is 0 Å². The molecule has 59 valence electrons. The van der Waals surface area contributed by atoms with Gasteiger partial charge in [0.1, 0.15) is 0 Å². The molecule has 2 aromatic rings. The van der Waals surface area contributed by atoms with E-state index in [0.29, 0.717) is 0 Å². The summed E-state index contributed by atoms with van der Waals surface area (Å²) in [4.78, 5) is 10.7. The van der Waals surface area contributed by atoms with E-state index in [4.69, 9.17) is 0 Å². The van der Waals surface area contributed by atoms with Crippen molar-refractivity contribution in [1.29, 1.82) is 0 Å². The van der Waals surface area contributed by atoms with Crippen molar-refractivity contribution >= 4 is 47.5 Å². The van der Waals surface area contributed by atoms with Crippen molar-refractivity contribution in [2.24, 2.45) is 0 Å². The molecule has 0 aliphatic carbocycles. The molecule has 12 heavy (non-hydrogen) atoms. The van der Waals surface area contributed by atoms with Crippen LogP contribution in [0.5, 0.6) is 0 Å². The van der Waals surface area contributed by atoms with Crippen molar-refractivity contribution in [1.82, 2.24) is 0 Å². The summed E-state index contributed by atoms with van der Waals surface area (Å²) in [6.45, 7) is 0. The summed E-state index contributed by atoms with van der Waals surface area (Å²) < 4.78 is 2.14. The molecule has 0 bridgehead atoms. The first kappa shape index (κ1) is 7.99. The van der Waals surface area contributed by atoms with Gasteiger partial charge < -0.3 is 0 Å². The van der Waals surface area contributed by atoms with Crippen LogP contribution in [0.3, 0.4) is 0 Å². The van der Waals surface area contributed by atoms with Crippen LogP contribution in [0.1, 0.15) is 10.4 Å². The molecule has 0 saturated carbocycles. The van der Waals surface area contributed by atoms with Crippen molar-refractivity contribution in [2.45, 2.75) is 0 Å². The minimum atomic E-state index is 0.788. The summed E-state index contributed by atoms with van der Waals surface area (Å²) >= 11 is 4.51. The Labute approximate surface area is 82.2 Å². The molecule has 1 aromatic carbocycles. The first-order valence-corrected chi connectivity index (χ1v) is 5.14. The Morgan fingerprint density at radius 2 is 2.08 bits per heavy atom. The quantitative estimate of drug-likeness (QED) is 0.545. The maximum atomic E-state index is 10.7. The molecule has 1 radical (unpaired) electrons. The van der Waals surface area contributed by atoms with Gasteiger partial charge in [0, 0.05) is 0 Å². The fraction of sp³-hybridized carbons (Fsp3) is 0. The number of fused-ring (bicyclic) bond motifs is 1. The van der Waals surface area contributed by atoms with Crippen molar-refractivity contribution < 1.29 is 4.79 Å². The van der Waals surface area contributed by atoms with Crippen LogP contribution in [0, 0.1) is 0 Å². The topological polar surface area (TPSA) is 17.1 Å². The van der Waals surface area contributed by atoms with Crippen molar-refractivity contribution in [2.75, 3.05) is 0 Å². The molecule has 0 aliphatic rings. The summed E-state index contributed by atoms with van der Waals surface area (Å²) in [5, 5.41) is 1.05. The van der Waals surface area contributed by atoms with Crippen molar-refractivity contribution in [3.8, 4) is 0 Å². The number of hydrogen-bond donors (Lipinski definition) is 0. The number of aldehydes is 1. The fourth-order valence-corrected chi connectivity index (χ4v) is 2.95. The summed E-state index contributed by atoms with van der Waals surface area (Å²) in [5.74, 6) is 0. The maximum absolute atomic E-state index is 10.7. The van der Waals surface area contributed by atoms with E-state index in [1.807, 2.05) is 24.3 Å². The number of carbonyl (C=O) groups excluding carboxylic acids is 1. The van der Waals surface area contributed by atoms with E-state index in [9.17, 15) is 4.79 Å². The van der Waals surface area contributed by atoms with Gasteiger partial charge in [0.05, 0.1) is 0 Å². The summed E-state index contributed by atoms with van der Waals surface area (Å²) in [7, 11) is 0. The van der Waals surface area contributed by atoms with E-state index in [1.165, 1.54) is 0 Å². The Morgan fingerprint density at radius 1 is 1.33 bits per heavy atom. The normalized spacial score (nSPS) is 10.3. The van der Waals surface area contributed by atoms with E-state index in [-0.39, 0.29) is 0 Å². The Hall–Kier alpha value is -0.631. The number of rotatable bonds is 1. The molecule has 0 N–H and O–H groups in total. The third-order valence-electron chi connectivity index (χ3n) is 1.72. The molecule has 1 heterocycles. The molecular weight excluding hydrogens is 235 g/mol. The number of benzene rings is 1. The van der Waals surface area contributed by atoms with Gasteiger partial charge in [-0.15, -0.1) is 0 Å². The van der Waals surface area contributed by atoms with Crippen LogP contribution in [0.4, 0.5) is 0 Å². The predicted octanol–water partition coefficient (Wildman–Crippen LogP) is 1.51. The molecule has 2 rings (SSSR count). The molecule has 3 heteroatoms. The summed E-state index contributed by atoms with van der Waals surface area (Å²) in [6.07, 6.45) is 0.907. The minimum absolute atomic E-state index is 0.788. The molecule has 0 amide bonds. The second-order valence-electron chi connectivity index (χ2n) is 2.42. The van der Waals surface area contributed by atoms with Gasteiger partial charge >= 0.3 is 82.1 Å².